The van der Waals surface area contributed by atoms with E-state index in [1.807, 2.05) is 6.08 Å². The molecule has 1 nitrogen and oxygen atoms in total. The molecule has 0 bridgehead atoms. The summed E-state index contributed by atoms with van der Waals surface area (Å²) in [5.41, 5.74) is 2.57. The second-order valence-corrected chi connectivity index (χ2v) is 4.30. The zero-order valence-corrected chi connectivity index (χ0v) is 9.90. The third-order valence-electron chi connectivity index (χ3n) is 2.75. The first-order chi connectivity index (χ1) is 7.72. The molecular formula is C15H17N. The first-order valence-corrected chi connectivity index (χ1v) is 5.50. The SMILES string of the molecule is C=Cc1ccc(CN(C)C)c2ccccc12. The summed E-state index contributed by atoms with van der Waals surface area (Å²) in [7, 11) is 4.19. The van der Waals surface area contributed by atoms with Crippen molar-refractivity contribution in [1.82, 2.24) is 4.90 Å². The minimum absolute atomic E-state index is 0.970. The van der Waals surface area contributed by atoms with Gasteiger partial charge in [-0.3, -0.25) is 0 Å². The molecule has 0 radical (unpaired) electrons. The summed E-state index contributed by atoms with van der Waals surface area (Å²) in [4.78, 5) is 2.19. The predicted octanol–water partition coefficient (Wildman–Crippen LogP) is 3.54. The second kappa shape index (κ2) is 4.50. The molecule has 0 aliphatic heterocycles. The lowest BCUT2D eigenvalue weighted by Gasteiger charge is -2.13. The quantitative estimate of drug-likeness (QED) is 0.750. The Morgan fingerprint density at radius 2 is 1.75 bits per heavy atom. The Kier molecular flexibility index (Phi) is 3.07. The van der Waals surface area contributed by atoms with Crippen LogP contribution in [0.4, 0.5) is 0 Å². The maximum Gasteiger partial charge on any atom is 0.0233 e. The summed E-state index contributed by atoms with van der Waals surface area (Å²) in [5, 5.41) is 2.62. The highest BCUT2D eigenvalue weighted by molar-refractivity contribution is 5.92. The average molecular weight is 211 g/mol. The molecule has 0 N–H and O–H groups in total. The number of rotatable bonds is 3. The summed E-state index contributed by atoms with van der Waals surface area (Å²) in [6, 6.07) is 12.9. The summed E-state index contributed by atoms with van der Waals surface area (Å²) in [6.45, 7) is 4.83. The monoisotopic (exact) mass is 211 g/mol. The Hall–Kier alpha value is -1.60. The lowest BCUT2D eigenvalue weighted by atomic mass is 9.99. The molecule has 0 heterocycles. The fraction of sp³-hybridized carbons (Fsp3) is 0.200. The molecule has 2 rings (SSSR count). The first-order valence-electron chi connectivity index (χ1n) is 5.50. The van der Waals surface area contributed by atoms with E-state index >= 15 is 0 Å². The fourth-order valence-corrected chi connectivity index (χ4v) is 2.04. The first kappa shape index (κ1) is 10.9. The van der Waals surface area contributed by atoms with Gasteiger partial charge in [0.2, 0.25) is 0 Å². The Bertz CT molecular complexity index is 512. The van der Waals surface area contributed by atoms with Gasteiger partial charge in [-0.05, 0) is 36.0 Å². The maximum atomic E-state index is 3.86. The summed E-state index contributed by atoms with van der Waals surface area (Å²) in [5.74, 6) is 0. The Morgan fingerprint density at radius 3 is 2.38 bits per heavy atom. The molecule has 0 saturated carbocycles. The molecule has 0 fully saturated rings. The standard InChI is InChI=1S/C15H17N/c1-4-12-9-10-13(11-16(2)3)15-8-6-5-7-14(12)15/h4-10H,1,11H2,2-3H3. The highest BCUT2D eigenvalue weighted by Crippen LogP contribution is 2.24. The molecule has 0 unspecified atom stereocenters. The number of benzene rings is 2. The highest BCUT2D eigenvalue weighted by Gasteiger charge is 2.04. The van der Waals surface area contributed by atoms with Crippen molar-refractivity contribution in [2.45, 2.75) is 6.54 Å². The van der Waals surface area contributed by atoms with Crippen molar-refractivity contribution in [2.24, 2.45) is 0 Å². The lowest BCUT2D eigenvalue weighted by Crippen LogP contribution is -2.10. The molecule has 0 amide bonds. The smallest absolute Gasteiger partial charge is 0.0233 e. The lowest BCUT2D eigenvalue weighted by molar-refractivity contribution is 0.404. The van der Waals surface area contributed by atoms with E-state index < -0.39 is 0 Å². The van der Waals surface area contributed by atoms with Gasteiger partial charge in [0.1, 0.15) is 0 Å². The zero-order valence-electron chi connectivity index (χ0n) is 9.90. The van der Waals surface area contributed by atoms with Gasteiger partial charge in [0, 0.05) is 6.54 Å². The van der Waals surface area contributed by atoms with Gasteiger partial charge in [-0.25, -0.2) is 0 Å². The molecule has 0 aliphatic rings. The minimum atomic E-state index is 0.970. The predicted molar refractivity (Wildman–Crippen MR) is 71.4 cm³/mol. The van der Waals surface area contributed by atoms with Crippen LogP contribution in [0.25, 0.3) is 16.8 Å². The van der Waals surface area contributed by atoms with Crippen LogP contribution in [0.2, 0.25) is 0 Å². The van der Waals surface area contributed by atoms with E-state index in [2.05, 4.69) is 62.0 Å². The van der Waals surface area contributed by atoms with Crippen molar-refractivity contribution < 1.29 is 0 Å². The van der Waals surface area contributed by atoms with Crippen LogP contribution in [-0.2, 0) is 6.54 Å². The van der Waals surface area contributed by atoms with Crippen LogP contribution in [0.3, 0.4) is 0 Å². The van der Waals surface area contributed by atoms with E-state index in [0.29, 0.717) is 0 Å². The van der Waals surface area contributed by atoms with Gasteiger partial charge in [0.05, 0.1) is 0 Å². The molecule has 2 aromatic carbocycles. The maximum absolute atomic E-state index is 3.86. The third kappa shape index (κ3) is 2.00. The minimum Gasteiger partial charge on any atom is -0.305 e. The van der Waals surface area contributed by atoms with Gasteiger partial charge in [0.25, 0.3) is 0 Å². The van der Waals surface area contributed by atoms with Gasteiger partial charge >= 0.3 is 0 Å². The van der Waals surface area contributed by atoms with Gasteiger partial charge in [0.15, 0.2) is 0 Å². The van der Waals surface area contributed by atoms with Crippen LogP contribution < -0.4 is 0 Å². The van der Waals surface area contributed by atoms with E-state index in [4.69, 9.17) is 0 Å². The topological polar surface area (TPSA) is 3.24 Å². The normalized spacial score (nSPS) is 10.9. The largest absolute Gasteiger partial charge is 0.305 e. The van der Waals surface area contributed by atoms with Crippen LogP contribution in [0, 0.1) is 0 Å². The van der Waals surface area contributed by atoms with Gasteiger partial charge in [-0.2, -0.15) is 0 Å². The Labute approximate surface area is 97.0 Å². The molecule has 0 spiro atoms. The van der Waals surface area contributed by atoms with Crippen molar-refractivity contribution >= 4 is 16.8 Å². The number of nitrogens with zero attached hydrogens (tertiary/aromatic N) is 1. The second-order valence-electron chi connectivity index (χ2n) is 4.30. The van der Waals surface area contributed by atoms with Crippen molar-refractivity contribution in [3.05, 3.63) is 54.1 Å². The molecule has 0 saturated heterocycles. The van der Waals surface area contributed by atoms with Crippen molar-refractivity contribution in [2.75, 3.05) is 14.1 Å². The number of hydrogen-bond acceptors (Lipinski definition) is 1. The highest BCUT2D eigenvalue weighted by atomic mass is 15.0. The summed E-state index contributed by atoms with van der Waals surface area (Å²) in [6.07, 6.45) is 1.92. The van der Waals surface area contributed by atoms with Gasteiger partial charge in [-0.15, -0.1) is 0 Å². The number of hydrogen-bond donors (Lipinski definition) is 0. The van der Waals surface area contributed by atoms with E-state index in [9.17, 15) is 0 Å². The van der Waals surface area contributed by atoms with Gasteiger partial charge < -0.3 is 4.90 Å². The summed E-state index contributed by atoms with van der Waals surface area (Å²) >= 11 is 0. The Balaban J connectivity index is 2.64. The molecular weight excluding hydrogens is 194 g/mol. The number of fused-ring (bicyclic) bond motifs is 1. The average Bonchev–Trinajstić information content (AvgIpc) is 2.29. The molecule has 16 heavy (non-hydrogen) atoms. The molecule has 1 heteroatoms. The van der Waals surface area contributed by atoms with Crippen LogP contribution >= 0.6 is 0 Å². The van der Waals surface area contributed by atoms with E-state index in [1.165, 1.54) is 21.9 Å². The van der Waals surface area contributed by atoms with Crippen molar-refractivity contribution in [1.29, 1.82) is 0 Å². The Morgan fingerprint density at radius 1 is 1.06 bits per heavy atom. The molecule has 2 aromatic rings. The van der Waals surface area contributed by atoms with Crippen molar-refractivity contribution in [3.8, 4) is 0 Å². The summed E-state index contributed by atoms with van der Waals surface area (Å²) < 4.78 is 0. The van der Waals surface area contributed by atoms with Crippen LogP contribution in [0.5, 0.6) is 0 Å². The molecule has 0 aliphatic carbocycles. The van der Waals surface area contributed by atoms with Gasteiger partial charge in [-0.1, -0.05) is 49.1 Å². The van der Waals surface area contributed by atoms with Crippen LogP contribution in [0.1, 0.15) is 11.1 Å². The van der Waals surface area contributed by atoms with Crippen LogP contribution in [-0.4, -0.2) is 19.0 Å². The molecule has 0 atom stereocenters. The molecule has 0 aromatic heterocycles. The van der Waals surface area contributed by atoms with Crippen molar-refractivity contribution in [3.63, 3.8) is 0 Å². The van der Waals surface area contributed by atoms with Crippen LogP contribution in [0.15, 0.2) is 43.0 Å². The fourth-order valence-electron chi connectivity index (χ4n) is 2.04. The molecule has 82 valence electrons. The van der Waals surface area contributed by atoms with E-state index in [1.54, 1.807) is 0 Å². The zero-order chi connectivity index (χ0) is 11.5. The van der Waals surface area contributed by atoms with E-state index in [-0.39, 0.29) is 0 Å². The van der Waals surface area contributed by atoms with E-state index in [0.717, 1.165) is 6.54 Å². The third-order valence-corrected chi connectivity index (χ3v) is 2.75.